The van der Waals surface area contributed by atoms with E-state index in [4.69, 9.17) is 0 Å². The first-order valence-corrected chi connectivity index (χ1v) is 7.47. The van der Waals surface area contributed by atoms with Crippen LogP contribution < -0.4 is 0 Å². The summed E-state index contributed by atoms with van der Waals surface area (Å²) in [5, 5.41) is 9.22. The second kappa shape index (κ2) is 5.66. The molecule has 1 heterocycles. The first-order chi connectivity index (χ1) is 10.5. The Labute approximate surface area is 126 Å². The first-order valence-electron chi connectivity index (χ1n) is 7.47. The third kappa shape index (κ3) is 2.69. The van der Waals surface area contributed by atoms with Crippen LogP contribution in [-0.4, -0.2) is 34.5 Å². The van der Waals surface area contributed by atoms with Crippen molar-refractivity contribution in [3.8, 4) is 0 Å². The molecule has 22 heavy (non-hydrogen) atoms. The number of nitrogens with zero attached hydrogens (tertiary/aromatic N) is 1. The second-order valence-corrected chi connectivity index (χ2v) is 6.00. The molecule has 118 valence electrons. The smallest absolute Gasteiger partial charge is 0.326 e. The van der Waals surface area contributed by atoms with E-state index in [1.807, 2.05) is 0 Å². The highest BCUT2D eigenvalue weighted by Gasteiger charge is 2.49. The van der Waals surface area contributed by atoms with Gasteiger partial charge in [-0.1, -0.05) is 6.07 Å². The Hall–Kier alpha value is -1.98. The van der Waals surface area contributed by atoms with Crippen LogP contribution in [0.3, 0.4) is 0 Å². The van der Waals surface area contributed by atoms with Gasteiger partial charge in [0.25, 0.3) is 0 Å². The van der Waals surface area contributed by atoms with Crippen LogP contribution in [0, 0.1) is 17.6 Å². The van der Waals surface area contributed by atoms with Crippen molar-refractivity contribution in [2.24, 2.45) is 5.92 Å². The number of carboxylic acid groups (broad SMARTS) is 1. The Balaban J connectivity index is 1.73. The molecule has 1 amide bonds. The van der Waals surface area contributed by atoms with Crippen molar-refractivity contribution in [1.29, 1.82) is 0 Å². The molecule has 0 bridgehead atoms. The molecular formula is C16H17F2NO3. The predicted octanol–water partition coefficient (Wildman–Crippen LogP) is 2.53. The van der Waals surface area contributed by atoms with E-state index in [0.717, 1.165) is 18.9 Å². The molecule has 1 aromatic rings. The van der Waals surface area contributed by atoms with Gasteiger partial charge in [-0.25, -0.2) is 13.6 Å². The van der Waals surface area contributed by atoms with Gasteiger partial charge in [0, 0.05) is 18.5 Å². The third-order valence-electron chi connectivity index (χ3n) is 4.54. The monoisotopic (exact) mass is 309 g/mol. The lowest BCUT2D eigenvalue weighted by Crippen LogP contribution is -2.48. The molecule has 2 aliphatic rings. The summed E-state index contributed by atoms with van der Waals surface area (Å²) in [7, 11) is 0. The molecule has 0 spiro atoms. The van der Waals surface area contributed by atoms with Gasteiger partial charge < -0.3 is 10.0 Å². The average molecular weight is 309 g/mol. The van der Waals surface area contributed by atoms with E-state index in [-0.39, 0.29) is 17.7 Å². The van der Waals surface area contributed by atoms with Crippen LogP contribution in [-0.2, 0) is 9.59 Å². The molecular weight excluding hydrogens is 292 g/mol. The molecule has 4 nitrogen and oxygen atoms in total. The van der Waals surface area contributed by atoms with E-state index in [1.54, 1.807) is 0 Å². The van der Waals surface area contributed by atoms with Crippen LogP contribution in [0.25, 0.3) is 0 Å². The predicted molar refractivity (Wildman–Crippen MR) is 74.2 cm³/mol. The molecule has 1 saturated heterocycles. The lowest BCUT2D eigenvalue weighted by molar-refractivity contribution is -0.152. The number of carbonyl (C=O) groups is 2. The van der Waals surface area contributed by atoms with Gasteiger partial charge in [0.15, 0.2) is 0 Å². The lowest BCUT2D eigenvalue weighted by atomic mass is 10.0. The van der Waals surface area contributed by atoms with Crippen LogP contribution in [0.2, 0.25) is 0 Å². The molecule has 3 rings (SSSR count). The topological polar surface area (TPSA) is 57.6 Å². The summed E-state index contributed by atoms with van der Waals surface area (Å²) < 4.78 is 26.7. The number of piperidine rings is 1. The summed E-state index contributed by atoms with van der Waals surface area (Å²) >= 11 is 0. The summed E-state index contributed by atoms with van der Waals surface area (Å²) in [5.41, 5.74) is 0.337. The number of hydrogen-bond donors (Lipinski definition) is 1. The highest BCUT2D eigenvalue weighted by molar-refractivity contribution is 5.87. The largest absolute Gasteiger partial charge is 0.480 e. The van der Waals surface area contributed by atoms with Gasteiger partial charge in [0.05, 0.1) is 0 Å². The number of likely N-dealkylation sites (tertiary alicyclic amines) is 1. The Morgan fingerprint density at radius 1 is 1.23 bits per heavy atom. The van der Waals surface area contributed by atoms with E-state index >= 15 is 0 Å². The number of hydrogen-bond acceptors (Lipinski definition) is 2. The zero-order valence-corrected chi connectivity index (χ0v) is 12.0. The van der Waals surface area contributed by atoms with Crippen LogP contribution in [0.1, 0.15) is 37.2 Å². The average Bonchev–Trinajstić information content (AvgIpc) is 3.26. The van der Waals surface area contributed by atoms with E-state index in [2.05, 4.69) is 0 Å². The maximum absolute atomic E-state index is 13.8. The van der Waals surface area contributed by atoms with Gasteiger partial charge in [-0.2, -0.15) is 0 Å². The van der Waals surface area contributed by atoms with Gasteiger partial charge in [0.1, 0.15) is 17.7 Å². The normalized spacial score (nSPS) is 27.5. The summed E-state index contributed by atoms with van der Waals surface area (Å²) in [6, 6.07) is 2.59. The fourth-order valence-electron chi connectivity index (χ4n) is 3.28. The van der Waals surface area contributed by atoms with Crippen molar-refractivity contribution in [2.45, 2.75) is 37.6 Å². The molecule has 3 atom stereocenters. The number of aliphatic carboxylic acids is 1. The Kier molecular flexibility index (Phi) is 3.85. The molecule has 1 aromatic carbocycles. The van der Waals surface area contributed by atoms with Crippen LogP contribution in [0.5, 0.6) is 0 Å². The van der Waals surface area contributed by atoms with Crippen molar-refractivity contribution in [1.82, 2.24) is 4.90 Å². The second-order valence-electron chi connectivity index (χ2n) is 6.00. The van der Waals surface area contributed by atoms with Crippen molar-refractivity contribution >= 4 is 11.9 Å². The molecule has 0 unspecified atom stereocenters. The molecule has 1 aliphatic carbocycles. The minimum Gasteiger partial charge on any atom is -0.480 e. The summed E-state index contributed by atoms with van der Waals surface area (Å²) in [4.78, 5) is 25.2. The fraction of sp³-hybridized carbons (Fsp3) is 0.500. The Morgan fingerprint density at radius 3 is 2.68 bits per heavy atom. The van der Waals surface area contributed by atoms with Crippen molar-refractivity contribution in [3.63, 3.8) is 0 Å². The molecule has 6 heteroatoms. The summed E-state index contributed by atoms with van der Waals surface area (Å²) in [6.45, 7) is 0.435. The molecule has 1 N–H and O–H groups in total. The number of amides is 1. The van der Waals surface area contributed by atoms with Crippen LogP contribution >= 0.6 is 0 Å². The van der Waals surface area contributed by atoms with Crippen molar-refractivity contribution in [3.05, 3.63) is 35.4 Å². The van der Waals surface area contributed by atoms with E-state index < -0.39 is 23.6 Å². The first kappa shape index (κ1) is 14.9. The maximum Gasteiger partial charge on any atom is 0.326 e. The molecule has 2 fully saturated rings. The maximum atomic E-state index is 13.8. The van der Waals surface area contributed by atoms with Crippen LogP contribution in [0.4, 0.5) is 8.78 Å². The molecule has 0 aromatic heterocycles. The molecule has 1 saturated carbocycles. The van der Waals surface area contributed by atoms with E-state index in [9.17, 15) is 23.5 Å². The quantitative estimate of drug-likeness (QED) is 0.933. The number of benzene rings is 1. The number of carboxylic acids is 1. The number of rotatable bonds is 3. The summed E-state index contributed by atoms with van der Waals surface area (Å²) in [6.07, 6.45) is 2.53. The van der Waals surface area contributed by atoms with Crippen molar-refractivity contribution in [2.75, 3.05) is 6.54 Å². The Morgan fingerprint density at radius 2 is 2.00 bits per heavy atom. The van der Waals surface area contributed by atoms with Gasteiger partial charge in [-0.3, -0.25) is 4.79 Å². The third-order valence-corrected chi connectivity index (χ3v) is 4.54. The lowest BCUT2D eigenvalue weighted by Gasteiger charge is -2.33. The van der Waals surface area contributed by atoms with E-state index in [1.165, 1.54) is 17.0 Å². The van der Waals surface area contributed by atoms with Gasteiger partial charge >= 0.3 is 5.97 Å². The van der Waals surface area contributed by atoms with Gasteiger partial charge in [0.2, 0.25) is 5.91 Å². The number of carbonyl (C=O) groups excluding carboxylic acids is 1. The van der Waals surface area contributed by atoms with E-state index in [0.29, 0.717) is 24.9 Å². The minimum absolute atomic E-state index is 0.221. The zero-order valence-electron chi connectivity index (χ0n) is 12.0. The Bertz CT molecular complexity index is 619. The SMILES string of the molecule is O=C(O)[C@@H]1CCCCN1C(=O)[C@@H]1C[C@H]1c1ccc(F)cc1F. The van der Waals surface area contributed by atoms with Gasteiger partial charge in [-0.05, 0) is 43.2 Å². The molecule has 0 radical (unpaired) electrons. The van der Waals surface area contributed by atoms with Crippen LogP contribution in [0.15, 0.2) is 18.2 Å². The summed E-state index contributed by atoms with van der Waals surface area (Å²) in [5.74, 6) is -3.16. The van der Waals surface area contributed by atoms with Crippen molar-refractivity contribution < 1.29 is 23.5 Å². The van der Waals surface area contributed by atoms with Gasteiger partial charge in [-0.15, -0.1) is 0 Å². The standard InChI is InChI=1S/C16H17F2NO3/c17-9-4-5-10(13(18)7-9)11-8-12(11)15(20)19-6-2-1-3-14(19)16(21)22/h4-5,7,11-12,14H,1-3,6,8H2,(H,21,22)/t11-,12+,14-/m0/s1. The highest BCUT2D eigenvalue weighted by Crippen LogP contribution is 2.49. The highest BCUT2D eigenvalue weighted by atomic mass is 19.1. The number of halogens is 2. The molecule has 1 aliphatic heterocycles. The zero-order chi connectivity index (χ0) is 15.9. The fourth-order valence-corrected chi connectivity index (χ4v) is 3.28. The minimum atomic E-state index is -0.988.